The van der Waals surface area contributed by atoms with Crippen LogP contribution in [0.5, 0.6) is 0 Å². The third-order valence-electron chi connectivity index (χ3n) is 6.84. The van der Waals surface area contributed by atoms with Crippen molar-refractivity contribution in [2.45, 2.75) is 37.5 Å². The predicted octanol–water partition coefficient (Wildman–Crippen LogP) is 8.85. The molecule has 0 aromatic carbocycles. The average molecular weight is 565 g/mol. The van der Waals surface area contributed by atoms with Gasteiger partial charge in [0.1, 0.15) is 40.9 Å². The van der Waals surface area contributed by atoms with Crippen molar-refractivity contribution < 1.29 is 0 Å². The first-order chi connectivity index (χ1) is 18.6. The molecule has 182 valence electrons. The molecular weight excluding hydrogens is 549 g/mol. The monoisotopic (exact) mass is 564 g/mol. The van der Waals surface area contributed by atoms with Crippen LogP contribution >= 0.6 is 45.3 Å². The number of thiazole rings is 2. The van der Waals surface area contributed by atoms with E-state index in [4.69, 9.17) is 28.7 Å². The van der Waals surface area contributed by atoms with E-state index in [9.17, 15) is 0 Å². The Labute approximate surface area is 235 Å². The lowest BCUT2D eigenvalue weighted by Crippen LogP contribution is -2.28. The summed E-state index contributed by atoms with van der Waals surface area (Å²) in [5.41, 5.74) is 2.58. The van der Waals surface area contributed by atoms with Crippen LogP contribution in [-0.2, 0) is 5.41 Å². The van der Waals surface area contributed by atoms with Crippen LogP contribution < -0.4 is 0 Å². The minimum absolute atomic E-state index is 0.0641. The van der Waals surface area contributed by atoms with Crippen LogP contribution in [0, 0.1) is 35.8 Å². The van der Waals surface area contributed by atoms with E-state index in [-0.39, 0.29) is 16.8 Å². The zero-order valence-electron chi connectivity index (χ0n) is 19.8. The molecule has 0 atom stereocenters. The van der Waals surface area contributed by atoms with E-state index in [0.717, 1.165) is 42.4 Å². The van der Waals surface area contributed by atoms with E-state index >= 15 is 0 Å². The minimum Gasteiger partial charge on any atom is -0.243 e. The van der Waals surface area contributed by atoms with E-state index < -0.39 is 0 Å². The van der Waals surface area contributed by atoms with Gasteiger partial charge in [0.2, 0.25) is 0 Å². The number of thiophene rings is 2. The summed E-state index contributed by atoms with van der Waals surface area (Å²) in [5, 5.41) is 20.1. The van der Waals surface area contributed by atoms with Gasteiger partial charge in [-0.15, -0.1) is 45.3 Å². The van der Waals surface area contributed by atoms with Gasteiger partial charge in [-0.2, -0.15) is 20.2 Å². The first kappa shape index (κ1) is 24.4. The maximum atomic E-state index is 9.09. The Kier molecular flexibility index (Phi) is 6.28. The summed E-state index contributed by atoms with van der Waals surface area (Å²) in [6.07, 6.45) is 10.7. The second kappa shape index (κ2) is 9.76. The number of nitrogens with zero attached hydrogens (tertiary/aromatic N) is 6. The quantitative estimate of drug-likeness (QED) is 0.183. The summed E-state index contributed by atoms with van der Waals surface area (Å²) in [5.74, 6) is 0.0641. The highest BCUT2D eigenvalue weighted by molar-refractivity contribution is 7.28. The van der Waals surface area contributed by atoms with Crippen molar-refractivity contribution in [1.82, 2.24) is 9.97 Å². The van der Waals surface area contributed by atoms with Crippen molar-refractivity contribution in [3.8, 4) is 41.7 Å². The zero-order chi connectivity index (χ0) is 26.3. The molecule has 0 bridgehead atoms. The molecule has 0 aliphatic heterocycles. The minimum atomic E-state index is -0.0669. The van der Waals surface area contributed by atoms with Gasteiger partial charge in [-0.3, -0.25) is 0 Å². The van der Waals surface area contributed by atoms with Crippen molar-refractivity contribution in [2.24, 2.45) is 0 Å². The summed E-state index contributed by atoms with van der Waals surface area (Å²) >= 11 is 6.53. The summed E-state index contributed by atoms with van der Waals surface area (Å²) in [6.45, 7) is 14.3. The molecule has 0 radical (unpaired) electrons. The molecule has 1 saturated carbocycles. The third kappa shape index (κ3) is 4.00. The van der Waals surface area contributed by atoms with Gasteiger partial charge in [-0.1, -0.05) is 19.3 Å². The van der Waals surface area contributed by atoms with Crippen molar-refractivity contribution in [2.75, 3.05) is 0 Å². The van der Waals surface area contributed by atoms with Crippen molar-refractivity contribution in [3.05, 3.63) is 79.6 Å². The fourth-order valence-electron chi connectivity index (χ4n) is 5.17. The van der Waals surface area contributed by atoms with Gasteiger partial charge in [-0.25, -0.2) is 9.97 Å². The molecule has 38 heavy (non-hydrogen) atoms. The fraction of sp³-hybridized carbons (Fsp3) is 0.214. The second-order valence-electron chi connectivity index (χ2n) is 8.97. The molecule has 4 heterocycles. The largest absolute Gasteiger partial charge is 0.520 e. The number of allylic oxidation sites excluding steroid dienone is 1. The molecule has 2 aliphatic rings. The first-order valence-corrected chi connectivity index (χ1v) is 15.1. The van der Waals surface area contributed by atoms with Crippen molar-refractivity contribution in [1.29, 1.82) is 10.5 Å². The lowest BCUT2D eigenvalue weighted by molar-refractivity contribution is 0.347. The Hall–Kier alpha value is -3.90. The van der Waals surface area contributed by atoms with Crippen LogP contribution in [-0.4, -0.2) is 9.97 Å². The smallest absolute Gasteiger partial charge is 0.243 e. The second-order valence-corrected chi connectivity index (χ2v) is 13.2. The standard InChI is InChI=1S/C28H16N6S4/c1-31-22(32-2)11-17-6-7-20(35-17)27-34-25-24(38-27)23-19(28(25)8-4-3-5-9-28)12-21(37-23)26-33-15-18(36-26)10-16(13-29)14-30/h6-7,10-12,15H,3-5,8-9H2. The van der Waals surface area contributed by atoms with Crippen LogP contribution in [0.15, 0.2) is 35.8 Å². The molecule has 6 rings (SSSR count). The fourth-order valence-corrected chi connectivity index (χ4v) is 9.65. The van der Waals surface area contributed by atoms with Gasteiger partial charge in [-0.05, 0) is 42.7 Å². The van der Waals surface area contributed by atoms with Crippen LogP contribution in [0.1, 0.15) is 53.1 Å². The molecule has 1 spiro atoms. The molecular formula is C28H16N6S4. The number of nitriles is 2. The van der Waals surface area contributed by atoms with Crippen LogP contribution in [0.3, 0.4) is 0 Å². The number of rotatable bonds is 4. The molecule has 0 amide bonds. The van der Waals surface area contributed by atoms with Crippen LogP contribution in [0.4, 0.5) is 0 Å². The van der Waals surface area contributed by atoms with Crippen molar-refractivity contribution >= 4 is 57.5 Å². The van der Waals surface area contributed by atoms with Crippen LogP contribution in [0.2, 0.25) is 0 Å². The van der Waals surface area contributed by atoms with E-state index in [1.54, 1.807) is 52.4 Å². The predicted molar refractivity (Wildman–Crippen MR) is 154 cm³/mol. The van der Waals surface area contributed by atoms with Crippen LogP contribution in [0.25, 0.3) is 51.4 Å². The molecule has 1 fully saturated rings. The topological polar surface area (TPSA) is 82.1 Å². The Morgan fingerprint density at radius 1 is 0.895 bits per heavy atom. The SMILES string of the molecule is [C-]#[N+]C(=Cc1ccc(-c2nc3c(s2)-c2sc(-c4ncc(C=C(C#N)C#N)s4)cc2C32CCCCC2)s1)[N+]#[C-]. The van der Waals surface area contributed by atoms with Gasteiger partial charge in [0, 0.05) is 27.4 Å². The summed E-state index contributed by atoms with van der Waals surface area (Å²) < 4.78 is 0. The van der Waals surface area contributed by atoms with Gasteiger partial charge in [0.05, 0.1) is 25.2 Å². The summed E-state index contributed by atoms with van der Waals surface area (Å²) in [6, 6.07) is 10.1. The van der Waals surface area contributed by atoms with Gasteiger partial charge < -0.3 is 0 Å². The average Bonchev–Trinajstić information content (AvgIpc) is 3.76. The Balaban J connectivity index is 1.41. The molecule has 4 aromatic heterocycles. The summed E-state index contributed by atoms with van der Waals surface area (Å²) in [7, 11) is 0. The molecule has 0 N–H and O–H groups in total. The Bertz CT molecular complexity index is 1650. The van der Waals surface area contributed by atoms with E-state index in [0.29, 0.717) is 0 Å². The molecule has 0 unspecified atom stereocenters. The molecule has 4 aromatic rings. The van der Waals surface area contributed by atoms with Gasteiger partial charge >= 0.3 is 5.82 Å². The van der Waals surface area contributed by atoms with Gasteiger partial charge in [0.25, 0.3) is 0 Å². The maximum Gasteiger partial charge on any atom is 0.520 e. The number of hydrogen-bond acceptors (Lipinski definition) is 8. The number of hydrogen-bond donors (Lipinski definition) is 0. The van der Waals surface area contributed by atoms with E-state index in [1.165, 1.54) is 51.6 Å². The molecule has 6 nitrogen and oxygen atoms in total. The summed E-state index contributed by atoms with van der Waals surface area (Å²) in [4.78, 5) is 22.7. The molecule has 10 heteroatoms. The highest BCUT2D eigenvalue weighted by atomic mass is 32.1. The van der Waals surface area contributed by atoms with E-state index in [1.807, 2.05) is 24.3 Å². The highest BCUT2D eigenvalue weighted by Gasteiger charge is 2.48. The van der Waals surface area contributed by atoms with Crippen molar-refractivity contribution in [3.63, 3.8) is 0 Å². The first-order valence-electron chi connectivity index (χ1n) is 11.8. The Morgan fingerprint density at radius 2 is 1.68 bits per heavy atom. The molecule has 0 saturated heterocycles. The van der Waals surface area contributed by atoms with E-state index in [2.05, 4.69) is 20.7 Å². The molecule has 2 aliphatic carbocycles. The maximum absolute atomic E-state index is 9.09. The lowest BCUT2D eigenvalue weighted by Gasteiger charge is -2.33. The highest BCUT2D eigenvalue weighted by Crippen LogP contribution is 2.61. The Morgan fingerprint density at radius 3 is 2.42 bits per heavy atom. The normalized spacial score (nSPS) is 14.4. The number of aromatic nitrogens is 2. The number of fused-ring (bicyclic) bond motifs is 5. The lowest BCUT2D eigenvalue weighted by atomic mass is 9.70. The zero-order valence-corrected chi connectivity index (χ0v) is 23.1. The van der Waals surface area contributed by atoms with Gasteiger partial charge in [0.15, 0.2) is 0 Å². The third-order valence-corrected chi connectivity index (χ3v) is 11.5.